The van der Waals surface area contributed by atoms with Crippen LogP contribution in [0.2, 0.25) is 0 Å². The number of allylic oxidation sites excluding steroid dienone is 2. The van der Waals surface area contributed by atoms with Gasteiger partial charge in [0.25, 0.3) is 0 Å². The van der Waals surface area contributed by atoms with Crippen molar-refractivity contribution in [3.63, 3.8) is 0 Å². The fourth-order valence-corrected chi connectivity index (χ4v) is 7.43. The summed E-state index contributed by atoms with van der Waals surface area (Å²) in [5.74, 6) is -0.319. The molecule has 1 aliphatic heterocycles. The number of unbranched alkanes of at least 4 members (excludes halogenated alkanes) is 28. The highest BCUT2D eigenvalue weighted by Gasteiger charge is 2.44. The normalized spacial score (nSPS) is 20.6. The number of carbonyl (C=O) groups is 1. The fourth-order valence-electron chi connectivity index (χ4n) is 7.43. The van der Waals surface area contributed by atoms with Crippen molar-refractivity contribution in [1.29, 1.82) is 0 Å². The summed E-state index contributed by atoms with van der Waals surface area (Å²) in [4.78, 5) is 12.7. The van der Waals surface area contributed by atoms with Gasteiger partial charge in [-0.05, 0) is 38.5 Å². The van der Waals surface area contributed by atoms with E-state index in [0.29, 0.717) is 13.0 Å². The number of carbonyl (C=O) groups excluding carboxylic acids is 1. The van der Waals surface area contributed by atoms with E-state index < -0.39 is 43.4 Å². The van der Waals surface area contributed by atoms with E-state index in [1.165, 1.54) is 154 Å². The number of esters is 1. The summed E-state index contributed by atoms with van der Waals surface area (Å²) >= 11 is 0. The number of hydrogen-bond donors (Lipinski definition) is 4. The van der Waals surface area contributed by atoms with Crippen LogP contribution >= 0.6 is 0 Å². The molecule has 4 N–H and O–H groups in total. The van der Waals surface area contributed by atoms with Crippen molar-refractivity contribution < 1.29 is 44.2 Å². The van der Waals surface area contributed by atoms with Gasteiger partial charge in [-0.2, -0.15) is 0 Å². The van der Waals surface area contributed by atoms with Crippen molar-refractivity contribution in [3.05, 3.63) is 12.2 Å². The first kappa shape index (κ1) is 52.9. The third-order valence-corrected chi connectivity index (χ3v) is 11.2. The van der Waals surface area contributed by atoms with Crippen LogP contribution in [0.15, 0.2) is 12.2 Å². The molecule has 0 aromatic rings. The van der Waals surface area contributed by atoms with Crippen LogP contribution in [0, 0.1) is 0 Å². The van der Waals surface area contributed by atoms with E-state index in [1.807, 2.05) is 0 Å². The minimum atomic E-state index is -1.53. The largest absolute Gasteiger partial charge is 0.457 e. The van der Waals surface area contributed by atoms with Gasteiger partial charge in [-0.15, -0.1) is 0 Å². The highest BCUT2D eigenvalue weighted by Crippen LogP contribution is 2.23. The zero-order valence-electron chi connectivity index (χ0n) is 36.4. The zero-order valence-corrected chi connectivity index (χ0v) is 36.4. The Morgan fingerprint density at radius 2 is 0.982 bits per heavy atom. The lowest BCUT2D eigenvalue weighted by Gasteiger charge is -2.39. The van der Waals surface area contributed by atoms with Crippen LogP contribution in [0.4, 0.5) is 0 Å². The van der Waals surface area contributed by atoms with Crippen LogP contribution < -0.4 is 0 Å². The number of rotatable bonds is 41. The molecule has 56 heavy (non-hydrogen) atoms. The third-order valence-electron chi connectivity index (χ3n) is 11.2. The zero-order chi connectivity index (χ0) is 40.7. The molecule has 6 atom stereocenters. The van der Waals surface area contributed by atoms with Crippen LogP contribution in [-0.4, -0.2) is 89.6 Å². The van der Waals surface area contributed by atoms with Gasteiger partial charge >= 0.3 is 5.97 Å². The van der Waals surface area contributed by atoms with Gasteiger partial charge in [0.2, 0.25) is 0 Å². The topological polar surface area (TPSA) is 135 Å². The molecule has 0 radical (unpaired) electrons. The van der Waals surface area contributed by atoms with Crippen molar-refractivity contribution in [1.82, 2.24) is 0 Å². The molecular formula is C47H90O9. The van der Waals surface area contributed by atoms with Crippen LogP contribution in [0.25, 0.3) is 0 Å². The molecule has 1 saturated heterocycles. The maximum Gasteiger partial charge on any atom is 0.306 e. The van der Waals surface area contributed by atoms with Crippen LogP contribution in [0.5, 0.6) is 0 Å². The van der Waals surface area contributed by atoms with Crippen molar-refractivity contribution in [2.75, 3.05) is 26.4 Å². The minimum Gasteiger partial charge on any atom is -0.457 e. The molecule has 0 saturated carbocycles. The molecule has 0 spiro atoms. The Kier molecular flexibility index (Phi) is 37.2. The van der Waals surface area contributed by atoms with Gasteiger partial charge in [0, 0.05) is 13.0 Å². The van der Waals surface area contributed by atoms with E-state index in [0.717, 1.165) is 44.9 Å². The maximum atomic E-state index is 12.7. The van der Waals surface area contributed by atoms with Gasteiger partial charge in [0.05, 0.1) is 19.8 Å². The molecule has 0 amide bonds. The van der Waals surface area contributed by atoms with E-state index in [1.54, 1.807) is 0 Å². The van der Waals surface area contributed by atoms with E-state index in [9.17, 15) is 25.2 Å². The number of aliphatic hydroxyl groups excluding tert-OH is 4. The molecule has 332 valence electrons. The highest BCUT2D eigenvalue weighted by molar-refractivity contribution is 5.69. The molecule has 0 bridgehead atoms. The Morgan fingerprint density at radius 1 is 0.554 bits per heavy atom. The first-order valence-corrected chi connectivity index (χ1v) is 23.8. The average molecular weight is 799 g/mol. The summed E-state index contributed by atoms with van der Waals surface area (Å²) < 4.78 is 22.8. The van der Waals surface area contributed by atoms with E-state index in [4.69, 9.17) is 18.9 Å². The second-order valence-corrected chi connectivity index (χ2v) is 16.6. The minimum absolute atomic E-state index is 0.111. The Morgan fingerprint density at radius 3 is 1.48 bits per heavy atom. The van der Waals surface area contributed by atoms with Crippen LogP contribution in [0.1, 0.15) is 219 Å². The first-order valence-electron chi connectivity index (χ1n) is 23.8. The highest BCUT2D eigenvalue weighted by atomic mass is 16.7. The molecule has 6 unspecified atom stereocenters. The summed E-state index contributed by atoms with van der Waals surface area (Å²) in [6.45, 7) is 4.56. The molecular weight excluding hydrogens is 709 g/mol. The molecule has 0 aromatic carbocycles. The van der Waals surface area contributed by atoms with E-state index in [2.05, 4.69) is 26.0 Å². The number of aliphatic hydroxyl groups is 4. The molecule has 1 heterocycles. The van der Waals surface area contributed by atoms with Crippen LogP contribution in [0.3, 0.4) is 0 Å². The second kappa shape index (κ2) is 39.4. The second-order valence-electron chi connectivity index (χ2n) is 16.6. The molecule has 0 aromatic heterocycles. The van der Waals surface area contributed by atoms with Gasteiger partial charge in [-0.1, -0.05) is 187 Å². The monoisotopic (exact) mass is 799 g/mol. The Labute approximate surface area is 344 Å². The van der Waals surface area contributed by atoms with Crippen molar-refractivity contribution in [2.24, 2.45) is 0 Å². The summed E-state index contributed by atoms with van der Waals surface area (Å²) in [6, 6.07) is 0. The van der Waals surface area contributed by atoms with Gasteiger partial charge < -0.3 is 39.4 Å². The van der Waals surface area contributed by atoms with Crippen LogP contribution in [-0.2, 0) is 23.7 Å². The molecule has 9 nitrogen and oxygen atoms in total. The summed E-state index contributed by atoms with van der Waals surface area (Å²) in [6.07, 6.45) is 36.8. The van der Waals surface area contributed by atoms with Gasteiger partial charge in [-0.25, -0.2) is 0 Å². The van der Waals surface area contributed by atoms with Crippen molar-refractivity contribution >= 4 is 5.97 Å². The average Bonchev–Trinajstić information content (AvgIpc) is 3.20. The first-order chi connectivity index (χ1) is 27.4. The summed E-state index contributed by atoms with van der Waals surface area (Å²) in [5, 5.41) is 40.1. The number of hydrogen-bond acceptors (Lipinski definition) is 9. The van der Waals surface area contributed by atoms with E-state index >= 15 is 0 Å². The number of ether oxygens (including phenoxy) is 4. The predicted octanol–water partition coefficient (Wildman–Crippen LogP) is 10.8. The lowest BCUT2D eigenvalue weighted by atomic mass is 9.99. The molecule has 1 rings (SSSR count). The van der Waals surface area contributed by atoms with Gasteiger partial charge in [-0.3, -0.25) is 4.79 Å². The van der Waals surface area contributed by atoms with Gasteiger partial charge in [0.15, 0.2) is 6.29 Å². The lowest BCUT2D eigenvalue weighted by molar-refractivity contribution is -0.305. The smallest absolute Gasteiger partial charge is 0.306 e. The molecule has 1 fully saturated rings. The molecule has 0 aliphatic carbocycles. The Bertz CT molecular complexity index is 869. The molecule has 9 heteroatoms. The van der Waals surface area contributed by atoms with E-state index in [-0.39, 0.29) is 19.2 Å². The van der Waals surface area contributed by atoms with Crippen molar-refractivity contribution in [3.8, 4) is 0 Å². The van der Waals surface area contributed by atoms with Gasteiger partial charge in [0.1, 0.15) is 30.5 Å². The lowest BCUT2D eigenvalue weighted by Crippen LogP contribution is -2.59. The Hall–Kier alpha value is -1.07. The third kappa shape index (κ3) is 30.0. The van der Waals surface area contributed by atoms with Crippen molar-refractivity contribution in [2.45, 2.75) is 256 Å². The fraction of sp³-hybridized carbons (Fsp3) is 0.936. The SMILES string of the molecule is CCCCC/C=C\CCCCCCCC(=O)OC(COCCCCCCCCCCCCCCCCCCCCCCC)COC1OC(CO)C(O)C(O)C1O. The standard InChI is InChI=1S/C47H90O9/c1-3-5-7-9-11-13-15-17-18-19-20-21-22-23-24-25-27-29-31-33-35-37-53-39-41(40-54-47-46(52)45(51)44(50)42(38-48)56-47)55-43(49)36-34-32-30-28-26-16-14-12-10-8-6-4-2/h12,14,41-42,44-48,50-52H,3-11,13,15-40H2,1-2H3/b14-12-. The quantitative estimate of drug-likeness (QED) is 0.0271. The molecule has 1 aliphatic rings. The predicted molar refractivity (Wildman–Crippen MR) is 229 cm³/mol. The summed E-state index contributed by atoms with van der Waals surface area (Å²) in [5.41, 5.74) is 0. The Balaban J connectivity index is 2.19. The summed E-state index contributed by atoms with van der Waals surface area (Å²) in [7, 11) is 0. The maximum absolute atomic E-state index is 12.7.